The molecule has 0 saturated heterocycles. The summed E-state index contributed by atoms with van der Waals surface area (Å²) in [6, 6.07) is 0. The van der Waals surface area contributed by atoms with Crippen molar-refractivity contribution in [3.63, 3.8) is 0 Å². The van der Waals surface area contributed by atoms with Crippen LogP contribution >= 0.6 is 0 Å². The first-order valence-corrected chi connectivity index (χ1v) is 9.27. The minimum atomic E-state index is -4.23. The minimum Gasteiger partial charge on any atom is -0.735 e. The van der Waals surface area contributed by atoms with Crippen molar-refractivity contribution < 1.29 is 79.4 Å². The first-order valence-electron chi connectivity index (χ1n) is 7.86. The van der Waals surface area contributed by atoms with Crippen LogP contribution in [0.15, 0.2) is 0 Å². The summed E-state index contributed by atoms with van der Waals surface area (Å²) in [5.41, 5.74) is 0. The van der Waals surface area contributed by atoms with Gasteiger partial charge in [0, 0.05) is 6.54 Å². The Balaban J connectivity index is -0.000000578. The van der Waals surface area contributed by atoms with Crippen molar-refractivity contribution >= 4 is 16.3 Å². The predicted octanol–water partition coefficient (Wildman–Crippen LogP) is -0.976. The number of nitrogens with one attached hydrogen (secondary N) is 1. The smallest absolute Gasteiger partial charge is 0.735 e. The zero-order valence-electron chi connectivity index (χ0n) is 14.4. The Labute approximate surface area is 182 Å². The second-order valence-electron chi connectivity index (χ2n) is 5.08. The average molecular weight is 380 g/mol. The summed E-state index contributed by atoms with van der Waals surface area (Å²) < 4.78 is 32.6. The number of hydrogen-bond acceptors (Lipinski definition) is 5. The fourth-order valence-corrected chi connectivity index (χ4v) is 2.20. The Morgan fingerprint density at radius 2 is 1.30 bits per heavy atom. The molecule has 0 unspecified atom stereocenters. The zero-order chi connectivity index (χ0) is 17.3. The molecule has 0 spiro atoms. The Bertz CT molecular complexity index is 351. The molecule has 0 atom stereocenters. The first kappa shape index (κ1) is 28.7. The van der Waals surface area contributed by atoms with Gasteiger partial charge in [0.25, 0.3) is 0 Å². The van der Waals surface area contributed by atoms with Crippen molar-refractivity contribution in [2.45, 2.75) is 71.1 Å². The molecule has 9 heteroatoms. The fourth-order valence-electron chi connectivity index (χ4n) is 1.81. The molecule has 0 amide bonds. The Kier molecular flexibility index (Phi) is 26.2. The summed E-state index contributed by atoms with van der Waals surface area (Å²) in [5.74, 6) is -1.19. The summed E-state index contributed by atoms with van der Waals surface area (Å²) >= 11 is 0. The van der Waals surface area contributed by atoms with Gasteiger partial charge in [0.1, 0.15) is 6.61 Å². The van der Waals surface area contributed by atoms with Gasteiger partial charge in [0.2, 0.25) is 0 Å². The fraction of sp³-hybridized carbons (Fsp3) is 0.929. The van der Waals surface area contributed by atoms with Gasteiger partial charge in [0.05, 0.1) is 0 Å². The molecular weight excluding hydrogens is 349 g/mol. The van der Waals surface area contributed by atoms with E-state index in [1.165, 1.54) is 44.9 Å². The Morgan fingerprint density at radius 3 is 1.61 bits per heavy atom. The number of aliphatic carboxylic acids is 1. The number of carbonyl (C=O) groups is 1. The van der Waals surface area contributed by atoms with Crippen LogP contribution in [0.5, 0.6) is 0 Å². The molecule has 0 aromatic carbocycles. The first-order chi connectivity index (χ1) is 10.3. The van der Waals surface area contributed by atoms with Crippen molar-refractivity contribution in [2.24, 2.45) is 0 Å². The summed E-state index contributed by atoms with van der Waals surface area (Å²) in [4.78, 5) is 9.12. The van der Waals surface area contributed by atoms with Gasteiger partial charge in [0.15, 0.2) is 10.3 Å². The van der Waals surface area contributed by atoms with Crippen molar-refractivity contribution in [1.82, 2.24) is 4.72 Å². The van der Waals surface area contributed by atoms with Gasteiger partial charge in [-0.3, -0.25) is 0 Å². The van der Waals surface area contributed by atoms with Crippen molar-refractivity contribution in [3.8, 4) is 0 Å². The van der Waals surface area contributed by atoms with Gasteiger partial charge >= 0.3 is 57.4 Å². The van der Waals surface area contributed by atoms with E-state index >= 15 is 0 Å². The number of rotatable bonds is 13. The van der Waals surface area contributed by atoms with Crippen LogP contribution in [-0.4, -0.2) is 42.3 Å². The summed E-state index contributed by atoms with van der Waals surface area (Å²) in [7, 11) is -4.23. The molecule has 0 aromatic rings. The number of carboxylic acid groups (broad SMARTS) is 1. The Hall–Kier alpha value is 0.936. The molecule has 0 aliphatic carbocycles. The van der Waals surface area contributed by atoms with E-state index in [-0.39, 0.29) is 57.9 Å². The van der Waals surface area contributed by atoms with Gasteiger partial charge in [-0.25, -0.2) is 17.9 Å². The molecule has 0 bridgehead atoms. The molecule has 0 radical (unpaired) electrons. The zero-order valence-corrected chi connectivity index (χ0v) is 18.4. The predicted molar refractivity (Wildman–Crippen MR) is 84.3 cm³/mol. The molecule has 7 nitrogen and oxygen atoms in total. The molecule has 23 heavy (non-hydrogen) atoms. The number of aliphatic hydroxyl groups is 1. The maximum absolute atomic E-state index is 10.2. The second-order valence-corrected chi connectivity index (χ2v) is 6.28. The number of hydrogen-bond donors (Lipinski definition) is 3. The van der Waals surface area contributed by atoms with Crippen LogP contribution in [-0.2, 0) is 15.1 Å². The van der Waals surface area contributed by atoms with Crippen LogP contribution in [0.4, 0.5) is 0 Å². The van der Waals surface area contributed by atoms with Gasteiger partial charge in [-0.15, -0.1) is 0 Å². The Morgan fingerprint density at radius 1 is 0.957 bits per heavy atom. The third-order valence-electron chi connectivity index (χ3n) is 2.94. The maximum Gasteiger partial charge on any atom is 1.00 e. The molecule has 0 heterocycles. The van der Waals surface area contributed by atoms with Crippen LogP contribution in [0.25, 0.3) is 0 Å². The quantitative estimate of drug-likeness (QED) is 0.215. The van der Waals surface area contributed by atoms with Crippen LogP contribution in [0.1, 0.15) is 71.1 Å². The van der Waals surface area contributed by atoms with Crippen molar-refractivity contribution in [3.05, 3.63) is 0 Å². The largest absolute Gasteiger partial charge is 1.00 e. The van der Waals surface area contributed by atoms with Crippen LogP contribution in [0, 0.1) is 0 Å². The molecular formula is C14H30KNO6S. The molecule has 134 valence electrons. The summed E-state index contributed by atoms with van der Waals surface area (Å²) in [5, 5.41) is 15.0. The summed E-state index contributed by atoms with van der Waals surface area (Å²) in [6.07, 6.45) is 12.0. The van der Waals surface area contributed by atoms with Crippen molar-refractivity contribution in [2.75, 3.05) is 13.2 Å². The minimum absolute atomic E-state index is 0. The standard InChI is InChI=1S/C12H27NO3S.C2H4O3.K/c1-2-3-4-5-6-7-8-9-10-11-12-13-17(14,15)16;3-1-2(4)5;/h13H,2-12H2,1H3,(H,14,15,16);3H,1H2,(H,4,5);/q;;+1/p-1. The van der Waals surface area contributed by atoms with Crippen LogP contribution < -0.4 is 56.1 Å². The third-order valence-corrected chi connectivity index (χ3v) is 3.50. The number of aliphatic hydroxyl groups excluding tert-OH is 1. The normalized spacial score (nSPS) is 10.4. The van der Waals surface area contributed by atoms with Gasteiger partial charge in [-0.05, 0) is 6.42 Å². The SMILES string of the molecule is CCCCCCCCCCCCNS(=O)(=O)[O-].O=C(O)CO.[K+]. The molecule has 0 aliphatic heterocycles. The van der Waals surface area contributed by atoms with E-state index in [1.54, 1.807) is 0 Å². The topological polar surface area (TPSA) is 127 Å². The van der Waals surface area contributed by atoms with Crippen molar-refractivity contribution in [1.29, 1.82) is 0 Å². The third kappa shape index (κ3) is 35.0. The monoisotopic (exact) mass is 379 g/mol. The molecule has 0 aromatic heterocycles. The summed E-state index contributed by atoms with van der Waals surface area (Å²) in [6.45, 7) is 1.72. The molecule has 0 aliphatic rings. The average Bonchev–Trinajstić information content (AvgIpc) is 2.44. The van der Waals surface area contributed by atoms with Gasteiger partial charge in [-0.2, -0.15) is 0 Å². The van der Waals surface area contributed by atoms with Gasteiger partial charge in [-0.1, -0.05) is 64.7 Å². The number of unbranched alkanes of at least 4 members (excludes halogenated alkanes) is 9. The maximum atomic E-state index is 10.2. The van der Waals surface area contributed by atoms with E-state index < -0.39 is 22.9 Å². The molecule has 0 rings (SSSR count). The van der Waals surface area contributed by atoms with E-state index in [9.17, 15) is 13.0 Å². The van der Waals surface area contributed by atoms with Gasteiger partial charge < -0.3 is 14.8 Å². The van der Waals surface area contributed by atoms with Crippen LogP contribution in [0.3, 0.4) is 0 Å². The van der Waals surface area contributed by atoms with E-state index in [0.29, 0.717) is 0 Å². The molecule has 0 saturated carbocycles. The van der Waals surface area contributed by atoms with E-state index in [2.05, 4.69) is 6.92 Å². The van der Waals surface area contributed by atoms with Crippen LogP contribution in [0.2, 0.25) is 0 Å². The van der Waals surface area contributed by atoms with E-state index in [0.717, 1.165) is 19.3 Å². The van der Waals surface area contributed by atoms with E-state index in [4.69, 9.17) is 15.0 Å². The second kappa shape index (κ2) is 21.0. The van der Waals surface area contributed by atoms with E-state index in [1.807, 2.05) is 4.72 Å². The number of carboxylic acids is 1. The molecule has 3 N–H and O–H groups in total. The molecule has 0 fully saturated rings.